The summed E-state index contributed by atoms with van der Waals surface area (Å²) in [5, 5.41) is 0. The van der Waals surface area contributed by atoms with Crippen LogP contribution >= 0.6 is 15.9 Å². The zero-order chi connectivity index (χ0) is 13.8. The first-order valence-electron chi connectivity index (χ1n) is 5.07. The number of rotatable bonds is 4. The Kier molecular flexibility index (Phi) is 4.97. The van der Waals surface area contributed by atoms with Crippen molar-refractivity contribution in [2.75, 3.05) is 11.3 Å². The van der Waals surface area contributed by atoms with Gasteiger partial charge in [-0.1, -0.05) is 22.0 Å². The van der Waals surface area contributed by atoms with Crippen LogP contribution in [0.5, 0.6) is 0 Å². The summed E-state index contributed by atoms with van der Waals surface area (Å²) in [6.07, 6.45) is -1.02. The second kappa shape index (κ2) is 6.05. The van der Waals surface area contributed by atoms with Gasteiger partial charge >= 0.3 is 16.3 Å². The van der Waals surface area contributed by atoms with E-state index in [1.54, 1.807) is 29.8 Å². The molecule has 0 spiro atoms. The largest absolute Gasteiger partial charge is 0.449 e. The van der Waals surface area contributed by atoms with E-state index in [4.69, 9.17) is 0 Å². The van der Waals surface area contributed by atoms with Crippen LogP contribution < -0.4 is 9.44 Å². The van der Waals surface area contributed by atoms with E-state index in [0.717, 1.165) is 10.0 Å². The smallest absolute Gasteiger partial charge is 0.422 e. The number of carbonyl (C=O) groups excluding carboxylic acids is 1. The molecule has 1 rings (SSSR count). The highest BCUT2D eigenvalue weighted by molar-refractivity contribution is 9.10. The lowest BCUT2D eigenvalue weighted by Crippen LogP contribution is -2.35. The van der Waals surface area contributed by atoms with Crippen LogP contribution in [0.2, 0.25) is 0 Å². The third-order valence-electron chi connectivity index (χ3n) is 1.92. The molecule has 0 aliphatic carbocycles. The first-order valence-corrected chi connectivity index (χ1v) is 7.35. The van der Waals surface area contributed by atoms with Crippen molar-refractivity contribution in [2.45, 2.75) is 13.8 Å². The van der Waals surface area contributed by atoms with Gasteiger partial charge in [0.1, 0.15) is 0 Å². The zero-order valence-corrected chi connectivity index (χ0v) is 12.3. The highest BCUT2D eigenvalue weighted by Crippen LogP contribution is 2.21. The summed E-state index contributed by atoms with van der Waals surface area (Å²) in [7, 11) is -3.98. The van der Waals surface area contributed by atoms with Crippen molar-refractivity contribution in [2.24, 2.45) is 0 Å². The van der Waals surface area contributed by atoms with Gasteiger partial charge in [-0.25, -0.2) is 9.52 Å². The topological polar surface area (TPSA) is 84.5 Å². The fourth-order valence-corrected chi connectivity index (χ4v) is 2.25. The molecule has 0 saturated heterocycles. The van der Waals surface area contributed by atoms with Crippen molar-refractivity contribution < 1.29 is 17.9 Å². The number of aryl methyl sites for hydroxylation is 1. The third-order valence-corrected chi connectivity index (χ3v) is 3.71. The molecule has 0 aromatic heterocycles. The number of hydrogen-bond donors (Lipinski definition) is 2. The second-order valence-corrected chi connectivity index (χ2v) is 5.66. The van der Waals surface area contributed by atoms with Crippen molar-refractivity contribution in [3.63, 3.8) is 0 Å². The monoisotopic (exact) mass is 336 g/mol. The number of anilines is 1. The standard InChI is InChI=1S/C10H13BrN2O4S/c1-3-17-10(14)13-18(15,16)12-8-5-4-7(2)9(11)6-8/h4-6,12H,3H2,1-2H3,(H,13,14). The number of halogens is 1. The molecule has 1 amide bonds. The van der Waals surface area contributed by atoms with Gasteiger partial charge < -0.3 is 4.74 Å². The summed E-state index contributed by atoms with van der Waals surface area (Å²) in [5.41, 5.74) is 1.31. The molecule has 0 bridgehead atoms. The average molecular weight is 337 g/mol. The highest BCUT2D eigenvalue weighted by Gasteiger charge is 2.15. The molecule has 0 atom stereocenters. The van der Waals surface area contributed by atoms with Gasteiger partial charge in [0.15, 0.2) is 0 Å². The Labute approximate surface area is 114 Å². The van der Waals surface area contributed by atoms with Crippen molar-refractivity contribution in [3.8, 4) is 0 Å². The molecule has 8 heteroatoms. The van der Waals surface area contributed by atoms with Crippen LogP contribution in [0, 0.1) is 6.92 Å². The van der Waals surface area contributed by atoms with Crippen LogP contribution in [0.15, 0.2) is 22.7 Å². The van der Waals surface area contributed by atoms with Gasteiger partial charge in [-0.15, -0.1) is 0 Å². The highest BCUT2D eigenvalue weighted by atomic mass is 79.9. The van der Waals surface area contributed by atoms with E-state index < -0.39 is 16.3 Å². The van der Waals surface area contributed by atoms with E-state index >= 15 is 0 Å². The van der Waals surface area contributed by atoms with Crippen molar-refractivity contribution in [3.05, 3.63) is 28.2 Å². The lowest BCUT2D eigenvalue weighted by molar-refractivity contribution is 0.159. The summed E-state index contributed by atoms with van der Waals surface area (Å²) in [6.45, 7) is 3.55. The van der Waals surface area contributed by atoms with E-state index in [1.165, 1.54) is 0 Å². The summed E-state index contributed by atoms with van der Waals surface area (Å²) < 4.78 is 32.3. The normalized spacial score (nSPS) is 10.8. The van der Waals surface area contributed by atoms with Gasteiger partial charge in [-0.2, -0.15) is 8.42 Å². The van der Waals surface area contributed by atoms with Crippen LogP contribution in [0.1, 0.15) is 12.5 Å². The zero-order valence-electron chi connectivity index (χ0n) is 9.86. The summed E-state index contributed by atoms with van der Waals surface area (Å²) >= 11 is 3.28. The summed E-state index contributed by atoms with van der Waals surface area (Å²) in [6, 6.07) is 4.93. The number of ether oxygens (including phenoxy) is 1. The van der Waals surface area contributed by atoms with Crippen LogP contribution in [0.25, 0.3) is 0 Å². The molecule has 18 heavy (non-hydrogen) atoms. The molecule has 0 saturated carbocycles. The van der Waals surface area contributed by atoms with E-state index in [1.807, 2.05) is 6.92 Å². The molecule has 100 valence electrons. The first kappa shape index (κ1) is 14.8. The number of amides is 1. The minimum Gasteiger partial charge on any atom is -0.449 e. The van der Waals surface area contributed by atoms with Crippen molar-refractivity contribution in [1.29, 1.82) is 0 Å². The summed E-state index contributed by atoms with van der Waals surface area (Å²) in [5.74, 6) is 0. The molecule has 0 heterocycles. The fraction of sp³-hybridized carbons (Fsp3) is 0.300. The predicted molar refractivity (Wildman–Crippen MR) is 71.6 cm³/mol. The number of benzene rings is 1. The molecular weight excluding hydrogens is 324 g/mol. The molecule has 6 nitrogen and oxygen atoms in total. The Morgan fingerprint density at radius 2 is 2.11 bits per heavy atom. The van der Waals surface area contributed by atoms with E-state index in [0.29, 0.717) is 5.69 Å². The van der Waals surface area contributed by atoms with Crippen LogP contribution in [-0.4, -0.2) is 21.1 Å². The Morgan fingerprint density at radius 3 is 2.67 bits per heavy atom. The Morgan fingerprint density at radius 1 is 1.44 bits per heavy atom. The Bertz CT molecular complexity index is 545. The lowest BCUT2D eigenvalue weighted by Gasteiger charge is -2.10. The number of carbonyl (C=O) groups is 1. The molecule has 0 unspecified atom stereocenters. The van der Waals surface area contributed by atoms with Crippen molar-refractivity contribution >= 4 is 37.9 Å². The lowest BCUT2D eigenvalue weighted by atomic mass is 10.2. The molecule has 0 aliphatic rings. The van der Waals surface area contributed by atoms with Gasteiger partial charge in [0.25, 0.3) is 0 Å². The minimum absolute atomic E-state index is 0.0947. The first-order chi connectivity index (χ1) is 8.34. The van der Waals surface area contributed by atoms with Crippen molar-refractivity contribution in [1.82, 2.24) is 4.72 Å². The van der Waals surface area contributed by atoms with Gasteiger partial charge in [0.05, 0.1) is 12.3 Å². The number of hydrogen-bond acceptors (Lipinski definition) is 4. The van der Waals surface area contributed by atoms with Gasteiger partial charge in [0.2, 0.25) is 0 Å². The maximum absolute atomic E-state index is 11.5. The number of nitrogens with one attached hydrogen (secondary N) is 2. The molecule has 1 aromatic carbocycles. The molecule has 2 N–H and O–H groups in total. The minimum atomic E-state index is -3.98. The van der Waals surface area contributed by atoms with Crippen LogP contribution in [-0.2, 0) is 14.9 Å². The van der Waals surface area contributed by atoms with Gasteiger partial charge in [-0.3, -0.25) is 4.72 Å². The molecule has 0 fully saturated rings. The third kappa shape index (κ3) is 4.53. The Balaban J connectivity index is 2.76. The van der Waals surface area contributed by atoms with E-state index in [-0.39, 0.29) is 6.61 Å². The van der Waals surface area contributed by atoms with E-state index in [2.05, 4.69) is 25.4 Å². The average Bonchev–Trinajstić information content (AvgIpc) is 2.22. The maximum Gasteiger partial charge on any atom is 0.422 e. The van der Waals surface area contributed by atoms with Crippen LogP contribution in [0.3, 0.4) is 0 Å². The van der Waals surface area contributed by atoms with Gasteiger partial charge in [-0.05, 0) is 31.5 Å². The molecular formula is C10H13BrN2O4S. The van der Waals surface area contributed by atoms with Crippen LogP contribution in [0.4, 0.5) is 10.5 Å². The molecule has 1 aromatic rings. The maximum atomic E-state index is 11.5. The molecule has 0 aliphatic heterocycles. The Hall–Kier alpha value is -1.28. The fourth-order valence-electron chi connectivity index (χ4n) is 1.11. The predicted octanol–water partition coefficient (Wildman–Crippen LogP) is 2.16. The second-order valence-electron chi connectivity index (χ2n) is 3.39. The SMILES string of the molecule is CCOC(=O)NS(=O)(=O)Nc1ccc(C)c(Br)c1. The van der Waals surface area contributed by atoms with E-state index in [9.17, 15) is 13.2 Å². The molecule has 0 radical (unpaired) electrons. The van der Waals surface area contributed by atoms with Gasteiger partial charge in [0, 0.05) is 4.47 Å². The summed E-state index contributed by atoms with van der Waals surface area (Å²) in [4.78, 5) is 11.0. The quantitative estimate of drug-likeness (QED) is 0.882.